The lowest BCUT2D eigenvalue weighted by Crippen LogP contribution is -2.41. The van der Waals surface area contributed by atoms with Gasteiger partial charge in [0.1, 0.15) is 0 Å². The number of amides is 1. The third-order valence-corrected chi connectivity index (χ3v) is 3.48. The number of benzene rings is 2. The number of hydrogen-bond donors (Lipinski definition) is 3. The van der Waals surface area contributed by atoms with E-state index in [2.05, 4.69) is 45.2 Å². The van der Waals surface area contributed by atoms with E-state index >= 15 is 0 Å². The number of carbonyl (C=O) groups excluding carboxylic acids is 1. The topological polar surface area (TPSA) is 65.5 Å². The van der Waals surface area contributed by atoms with Crippen molar-refractivity contribution in [1.82, 2.24) is 10.6 Å². The molecule has 0 aliphatic heterocycles. The third kappa shape index (κ3) is 6.52. The lowest BCUT2D eigenvalue weighted by molar-refractivity contribution is -0.115. The molecule has 0 aliphatic rings. The fourth-order valence-electron chi connectivity index (χ4n) is 2.26. The number of aliphatic imine (C=N–C) groups is 1. The van der Waals surface area contributed by atoms with Crippen LogP contribution in [0.2, 0.25) is 0 Å². The van der Waals surface area contributed by atoms with Gasteiger partial charge in [0.25, 0.3) is 0 Å². The smallest absolute Gasteiger partial charge is 0.243 e. The van der Waals surface area contributed by atoms with Crippen LogP contribution in [0, 0.1) is 0 Å². The number of rotatable bonds is 7. The van der Waals surface area contributed by atoms with Gasteiger partial charge >= 0.3 is 0 Å². The summed E-state index contributed by atoms with van der Waals surface area (Å²) in [5.74, 6) is 0.528. The van der Waals surface area contributed by atoms with Gasteiger partial charge < -0.3 is 16.0 Å². The highest BCUT2D eigenvalue weighted by Crippen LogP contribution is 2.04. The maximum Gasteiger partial charge on any atom is 0.243 e. The van der Waals surface area contributed by atoms with E-state index < -0.39 is 0 Å². The summed E-state index contributed by atoms with van der Waals surface area (Å²) in [4.78, 5) is 16.0. The van der Waals surface area contributed by atoms with Crippen LogP contribution in [-0.2, 0) is 11.2 Å². The molecule has 2 aromatic rings. The second-order valence-corrected chi connectivity index (χ2v) is 5.36. The van der Waals surface area contributed by atoms with Gasteiger partial charge in [-0.2, -0.15) is 0 Å². The molecule has 0 fully saturated rings. The molecule has 2 aromatic carbocycles. The predicted octanol–water partition coefficient (Wildman–Crippen LogP) is 2.42. The summed E-state index contributed by atoms with van der Waals surface area (Å²) in [6, 6.07) is 19.8. The van der Waals surface area contributed by atoms with E-state index in [-0.39, 0.29) is 12.5 Å². The van der Waals surface area contributed by atoms with Crippen molar-refractivity contribution in [3.05, 3.63) is 66.2 Å². The molecule has 2 rings (SSSR count). The lowest BCUT2D eigenvalue weighted by atomic mass is 10.1. The standard InChI is InChI=1S/C19H24N4O/c1-20-19(21-14-8-11-16-9-4-2-5-10-16)22-15-18(24)23-17-12-6-3-7-13-17/h2-7,9-10,12-13H,8,11,14-15H2,1H3,(H,23,24)(H2,20,21,22). The second kappa shape index (κ2) is 10.0. The van der Waals surface area contributed by atoms with Crippen LogP contribution in [0.5, 0.6) is 0 Å². The Morgan fingerprint density at radius 2 is 1.62 bits per heavy atom. The molecule has 5 nitrogen and oxygen atoms in total. The van der Waals surface area contributed by atoms with Gasteiger partial charge in [0.05, 0.1) is 6.54 Å². The number of para-hydroxylation sites is 1. The van der Waals surface area contributed by atoms with Crippen molar-refractivity contribution in [2.45, 2.75) is 12.8 Å². The van der Waals surface area contributed by atoms with Crippen LogP contribution in [0.15, 0.2) is 65.7 Å². The van der Waals surface area contributed by atoms with Gasteiger partial charge in [0.15, 0.2) is 5.96 Å². The molecule has 0 unspecified atom stereocenters. The molecular weight excluding hydrogens is 300 g/mol. The van der Waals surface area contributed by atoms with Crippen molar-refractivity contribution >= 4 is 17.6 Å². The van der Waals surface area contributed by atoms with Crippen LogP contribution in [0.25, 0.3) is 0 Å². The van der Waals surface area contributed by atoms with Crippen LogP contribution >= 0.6 is 0 Å². The Bertz CT molecular complexity index is 641. The summed E-state index contributed by atoms with van der Waals surface area (Å²) in [5.41, 5.74) is 2.11. The van der Waals surface area contributed by atoms with E-state index in [9.17, 15) is 4.79 Å². The van der Waals surface area contributed by atoms with Gasteiger partial charge in [0, 0.05) is 19.3 Å². The first kappa shape index (κ1) is 17.5. The molecule has 0 atom stereocenters. The van der Waals surface area contributed by atoms with Crippen molar-refractivity contribution in [3.63, 3.8) is 0 Å². The first-order valence-electron chi connectivity index (χ1n) is 8.11. The van der Waals surface area contributed by atoms with E-state index in [4.69, 9.17) is 0 Å². The number of nitrogens with one attached hydrogen (secondary N) is 3. The zero-order valence-corrected chi connectivity index (χ0v) is 14.0. The predicted molar refractivity (Wildman–Crippen MR) is 99.2 cm³/mol. The normalized spacial score (nSPS) is 11.0. The monoisotopic (exact) mass is 324 g/mol. The van der Waals surface area contributed by atoms with E-state index in [1.165, 1.54) is 5.56 Å². The summed E-state index contributed by atoms with van der Waals surface area (Å²) < 4.78 is 0. The number of nitrogens with zero attached hydrogens (tertiary/aromatic N) is 1. The summed E-state index contributed by atoms with van der Waals surface area (Å²) in [7, 11) is 1.70. The molecule has 3 N–H and O–H groups in total. The first-order chi connectivity index (χ1) is 11.8. The molecule has 0 aliphatic carbocycles. The summed E-state index contributed by atoms with van der Waals surface area (Å²) in [6.07, 6.45) is 2.01. The van der Waals surface area contributed by atoms with Gasteiger partial charge in [-0.15, -0.1) is 0 Å². The zero-order valence-electron chi connectivity index (χ0n) is 14.0. The van der Waals surface area contributed by atoms with Crippen LogP contribution in [-0.4, -0.2) is 32.0 Å². The SMILES string of the molecule is CN=C(NCCCc1ccccc1)NCC(=O)Nc1ccccc1. The second-order valence-electron chi connectivity index (χ2n) is 5.36. The number of hydrogen-bond acceptors (Lipinski definition) is 2. The van der Waals surface area contributed by atoms with E-state index in [1.807, 2.05) is 36.4 Å². The molecule has 5 heteroatoms. The van der Waals surface area contributed by atoms with E-state index in [0.29, 0.717) is 5.96 Å². The van der Waals surface area contributed by atoms with Crippen molar-refractivity contribution < 1.29 is 4.79 Å². The maximum absolute atomic E-state index is 11.9. The molecule has 0 saturated heterocycles. The highest BCUT2D eigenvalue weighted by molar-refractivity contribution is 5.94. The van der Waals surface area contributed by atoms with Gasteiger partial charge in [-0.05, 0) is 30.5 Å². The van der Waals surface area contributed by atoms with Crippen molar-refractivity contribution in [1.29, 1.82) is 0 Å². The first-order valence-corrected chi connectivity index (χ1v) is 8.11. The largest absolute Gasteiger partial charge is 0.356 e. The number of carbonyl (C=O) groups is 1. The Labute approximate surface area is 143 Å². The van der Waals surface area contributed by atoms with Crippen LogP contribution < -0.4 is 16.0 Å². The summed E-state index contributed by atoms with van der Waals surface area (Å²) in [6.45, 7) is 0.974. The Balaban J connectivity index is 1.64. The molecule has 0 radical (unpaired) electrons. The minimum absolute atomic E-state index is 0.103. The highest BCUT2D eigenvalue weighted by atomic mass is 16.1. The summed E-state index contributed by atoms with van der Waals surface area (Å²) in [5, 5.41) is 9.06. The number of guanidine groups is 1. The summed E-state index contributed by atoms with van der Waals surface area (Å²) >= 11 is 0. The average Bonchev–Trinajstić information content (AvgIpc) is 2.63. The minimum atomic E-state index is -0.103. The van der Waals surface area contributed by atoms with Gasteiger partial charge in [-0.1, -0.05) is 48.5 Å². The fraction of sp³-hybridized carbons (Fsp3) is 0.263. The Kier molecular flexibility index (Phi) is 7.34. The molecule has 0 saturated carbocycles. The lowest BCUT2D eigenvalue weighted by Gasteiger charge is -2.12. The van der Waals surface area contributed by atoms with Gasteiger partial charge in [0.2, 0.25) is 5.91 Å². The van der Waals surface area contributed by atoms with Gasteiger partial charge in [-0.3, -0.25) is 9.79 Å². The van der Waals surface area contributed by atoms with Gasteiger partial charge in [-0.25, -0.2) is 0 Å². The average molecular weight is 324 g/mol. The third-order valence-electron chi connectivity index (χ3n) is 3.48. The number of anilines is 1. The Morgan fingerprint density at radius 3 is 2.29 bits per heavy atom. The molecule has 0 aromatic heterocycles. The fourth-order valence-corrected chi connectivity index (χ4v) is 2.26. The zero-order chi connectivity index (χ0) is 17.0. The molecule has 24 heavy (non-hydrogen) atoms. The molecular formula is C19H24N4O. The van der Waals surface area contributed by atoms with Crippen molar-refractivity contribution in [2.75, 3.05) is 25.5 Å². The molecule has 126 valence electrons. The van der Waals surface area contributed by atoms with Crippen molar-refractivity contribution in [3.8, 4) is 0 Å². The van der Waals surface area contributed by atoms with E-state index in [0.717, 1.165) is 25.1 Å². The van der Waals surface area contributed by atoms with Crippen LogP contribution in [0.1, 0.15) is 12.0 Å². The molecule has 0 heterocycles. The Hall–Kier alpha value is -2.82. The highest BCUT2D eigenvalue weighted by Gasteiger charge is 2.03. The van der Waals surface area contributed by atoms with E-state index in [1.54, 1.807) is 7.05 Å². The maximum atomic E-state index is 11.9. The van der Waals surface area contributed by atoms with Crippen LogP contribution in [0.3, 0.4) is 0 Å². The quantitative estimate of drug-likeness (QED) is 0.416. The molecule has 1 amide bonds. The van der Waals surface area contributed by atoms with Crippen molar-refractivity contribution in [2.24, 2.45) is 4.99 Å². The van der Waals surface area contributed by atoms with Crippen LogP contribution in [0.4, 0.5) is 5.69 Å². The molecule has 0 spiro atoms. The molecule has 0 bridgehead atoms. The Morgan fingerprint density at radius 1 is 0.958 bits per heavy atom. The minimum Gasteiger partial charge on any atom is -0.356 e. The number of aryl methyl sites for hydroxylation is 1.